The van der Waals surface area contributed by atoms with Crippen LogP contribution in [0.2, 0.25) is 0 Å². The van der Waals surface area contributed by atoms with Crippen LogP contribution in [-0.2, 0) is 0 Å². The fraction of sp³-hybridized carbons (Fsp3) is 0.0588. The van der Waals surface area contributed by atoms with Crippen molar-refractivity contribution in [1.82, 2.24) is 4.98 Å². The summed E-state index contributed by atoms with van der Waals surface area (Å²) in [6, 6.07) is 10.5. The quantitative estimate of drug-likeness (QED) is 0.781. The molecule has 3 rings (SSSR count). The predicted octanol–water partition coefficient (Wildman–Crippen LogP) is 2.93. The van der Waals surface area contributed by atoms with Crippen molar-refractivity contribution >= 4 is 22.5 Å². The summed E-state index contributed by atoms with van der Waals surface area (Å²) in [5.74, 6) is -0.571. The van der Waals surface area contributed by atoms with E-state index < -0.39 is 17.2 Å². The molecule has 0 atom stereocenters. The molecule has 0 unspecified atom stereocenters. The minimum absolute atomic E-state index is 0.0602. The summed E-state index contributed by atoms with van der Waals surface area (Å²) >= 11 is 0. The number of para-hydroxylation sites is 1. The molecule has 0 saturated heterocycles. The van der Waals surface area contributed by atoms with Gasteiger partial charge in [0.1, 0.15) is 17.1 Å². The van der Waals surface area contributed by atoms with Crippen LogP contribution in [-0.4, -0.2) is 18.0 Å². The summed E-state index contributed by atoms with van der Waals surface area (Å²) in [7, 11) is 1.50. The smallest absolute Gasteiger partial charge is 0.261 e. The van der Waals surface area contributed by atoms with Gasteiger partial charge in [0.2, 0.25) is 5.43 Å². The summed E-state index contributed by atoms with van der Waals surface area (Å²) in [6.07, 6.45) is 1.32. The number of ether oxygens (including phenoxy) is 1. The zero-order chi connectivity index (χ0) is 16.4. The first-order valence-electron chi connectivity index (χ1n) is 6.85. The lowest BCUT2D eigenvalue weighted by atomic mass is 10.1. The van der Waals surface area contributed by atoms with Crippen LogP contribution in [0.4, 0.5) is 10.1 Å². The maximum Gasteiger partial charge on any atom is 0.261 e. The second-order valence-electron chi connectivity index (χ2n) is 4.88. The number of methoxy groups -OCH3 is 1. The number of carbonyl (C=O) groups is 1. The van der Waals surface area contributed by atoms with Crippen LogP contribution in [0.5, 0.6) is 5.75 Å². The van der Waals surface area contributed by atoms with Crippen LogP contribution in [0.1, 0.15) is 10.4 Å². The number of aromatic amines is 1. The Kier molecular flexibility index (Phi) is 3.80. The lowest BCUT2D eigenvalue weighted by Gasteiger charge is -2.08. The number of hydrogen-bond acceptors (Lipinski definition) is 3. The number of pyridine rings is 1. The van der Waals surface area contributed by atoms with Crippen molar-refractivity contribution in [2.24, 2.45) is 0 Å². The van der Waals surface area contributed by atoms with Gasteiger partial charge in [-0.2, -0.15) is 0 Å². The number of fused-ring (bicyclic) bond motifs is 1. The lowest BCUT2D eigenvalue weighted by Crippen LogP contribution is -2.22. The topological polar surface area (TPSA) is 71.2 Å². The van der Waals surface area contributed by atoms with Gasteiger partial charge < -0.3 is 15.0 Å². The Labute approximate surface area is 130 Å². The van der Waals surface area contributed by atoms with E-state index in [1.807, 2.05) is 0 Å². The molecule has 0 aliphatic heterocycles. The van der Waals surface area contributed by atoms with Crippen LogP contribution in [0.3, 0.4) is 0 Å². The molecular formula is C17H13FN2O3. The van der Waals surface area contributed by atoms with E-state index in [2.05, 4.69) is 10.3 Å². The van der Waals surface area contributed by atoms with Crippen LogP contribution in [0.25, 0.3) is 10.9 Å². The molecule has 1 aromatic heterocycles. The standard InChI is InChI=1S/C17H13FN2O3/c1-23-14-7-3-6-12-15(14)19-9-13(16(12)21)17(22)20-11-5-2-4-10(18)8-11/h2-9H,1H3,(H,19,21)(H,20,22). The van der Waals surface area contributed by atoms with E-state index in [9.17, 15) is 14.0 Å². The molecule has 1 heterocycles. The highest BCUT2D eigenvalue weighted by Gasteiger charge is 2.15. The van der Waals surface area contributed by atoms with Crippen molar-refractivity contribution in [3.8, 4) is 5.75 Å². The molecule has 6 heteroatoms. The molecule has 0 aliphatic rings. The van der Waals surface area contributed by atoms with Gasteiger partial charge in [0.05, 0.1) is 18.0 Å². The first-order valence-corrected chi connectivity index (χ1v) is 6.85. The monoisotopic (exact) mass is 312 g/mol. The van der Waals surface area contributed by atoms with Gasteiger partial charge in [0, 0.05) is 11.9 Å². The van der Waals surface area contributed by atoms with Gasteiger partial charge in [-0.15, -0.1) is 0 Å². The molecule has 0 radical (unpaired) electrons. The first-order chi connectivity index (χ1) is 11.1. The number of anilines is 1. The van der Waals surface area contributed by atoms with E-state index in [-0.39, 0.29) is 11.3 Å². The van der Waals surface area contributed by atoms with Crippen LogP contribution in [0, 0.1) is 5.82 Å². The van der Waals surface area contributed by atoms with E-state index in [4.69, 9.17) is 4.74 Å². The number of nitrogens with one attached hydrogen (secondary N) is 2. The summed E-state index contributed by atoms with van der Waals surface area (Å²) in [4.78, 5) is 27.6. The molecule has 2 N–H and O–H groups in total. The third-order valence-electron chi connectivity index (χ3n) is 3.42. The minimum Gasteiger partial charge on any atom is -0.495 e. The SMILES string of the molecule is COc1cccc2c(=O)c(C(=O)Nc3cccc(F)c3)c[nH]c12. The van der Waals surface area contributed by atoms with Crippen LogP contribution >= 0.6 is 0 Å². The minimum atomic E-state index is -0.610. The number of amides is 1. The van der Waals surface area contributed by atoms with Gasteiger partial charge in [-0.05, 0) is 30.3 Å². The largest absolute Gasteiger partial charge is 0.495 e. The maximum atomic E-state index is 13.2. The highest BCUT2D eigenvalue weighted by molar-refractivity contribution is 6.05. The molecule has 23 heavy (non-hydrogen) atoms. The van der Waals surface area contributed by atoms with Gasteiger partial charge in [-0.3, -0.25) is 9.59 Å². The number of halogens is 1. The Hall–Kier alpha value is -3.15. The molecular weight excluding hydrogens is 299 g/mol. The Morgan fingerprint density at radius 2 is 2.00 bits per heavy atom. The average molecular weight is 312 g/mol. The van der Waals surface area contributed by atoms with Gasteiger partial charge in [-0.1, -0.05) is 12.1 Å². The van der Waals surface area contributed by atoms with Crippen LogP contribution < -0.4 is 15.5 Å². The number of rotatable bonds is 3. The van der Waals surface area contributed by atoms with Gasteiger partial charge in [0.25, 0.3) is 5.91 Å². The molecule has 2 aromatic carbocycles. The molecule has 0 bridgehead atoms. The molecule has 116 valence electrons. The van der Waals surface area contributed by atoms with E-state index in [0.717, 1.165) is 0 Å². The maximum absolute atomic E-state index is 13.2. The molecule has 0 aliphatic carbocycles. The Balaban J connectivity index is 2.01. The number of carbonyl (C=O) groups excluding carboxylic acids is 1. The van der Waals surface area contributed by atoms with Crippen LogP contribution in [0.15, 0.2) is 53.5 Å². The molecule has 0 fully saturated rings. The average Bonchev–Trinajstić information content (AvgIpc) is 2.54. The summed E-state index contributed by atoms with van der Waals surface area (Å²) in [6.45, 7) is 0. The lowest BCUT2D eigenvalue weighted by molar-refractivity contribution is 0.102. The summed E-state index contributed by atoms with van der Waals surface area (Å²) < 4.78 is 18.3. The highest BCUT2D eigenvalue weighted by atomic mass is 19.1. The Bertz CT molecular complexity index is 950. The number of H-pyrrole nitrogens is 1. The van der Waals surface area contributed by atoms with Crippen molar-refractivity contribution < 1.29 is 13.9 Å². The summed E-state index contributed by atoms with van der Waals surface area (Å²) in [5.41, 5.74) is 0.309. The normalized spacial score (nSPS) is 10.5. The second-order valence-corrected chi connectivity index (χ2v) is 4.88. The van der Waals surface area contributed by atoms with Crippen molar-refractivity contribution in [3.63, 3.8) is 0 Å². The second kappa shape index (κ2) is 5.92. The van der Waals surface area contributed by atoms with Gasteiger partial charge in [0.15, 0.2) is 0 Å². The first kappa shape index (κ1) is 14.8. The Morgan fingerprint density at radius 3 is 2.74 bits per heavy atom. The molecule has 1 amide bonds. The fourth-order valence-corrected chi connectivity index (χ4v) is 2.33. The van der Waals surface area contributed by atoms with E-state index in [1.165, 1.54) is 31.5 Å². The summed E-state index contributed by atoms with van der Waals surface area (Å²) in [5, 5.41) is 2.85. The highest BCUT2D eigenvalue weighted by Crippen LogP contribution is 2.21. The van der Waals surface area contributed by atoms with Gasteiger partial charge >= 0.3 is 0 Å². The third-order valence-corrected chi connectivity index (χ3v) is 3.42. The molecule has 0 spiro atoms. The van der Waals surface area contributed by atoms with E-state index in [0.29, 0.717) is 16.7 Å². The van der Waals surface area contributed by atoms with Crippen molar-refractivity contribution in [1.29, 1.82) is 0 Å². The Morgan fingerprint density at radius 1 is 1.22 bits per heavy atom. The van der Waals surface area contributed by atoms with Gasteiger partial charge in [-0.25, -0.2) is 4.39 Å². The fourth-order valence-electron chi connectivity index (χ4n) is 2.33. The van der Waals surface area contributed by atoms with Crippen molar-refractivity contribution in [2.75, 3.05) is 12.4 Å². The zero-order valence-electron chi connectivity index (χ0n) is 12.2. The number of hydrogen-bond donors (Lipinski definition) is 2. The number of benzene rings is 2. The molecule has 3 aromatic rings. The van der Waals surface area contributed by atoms with E-state index >= 15 is 0 Å². The van der Waals surface area contributed by atoms with E-state index in [1.54, 1.807) is 24.3 Å². The predicted molar refractivity (Wildman–Crippen MR) is 85.5 cm³/mol. The third kappa shape index (κ3) is 2.78. The zero-order valence-corrected chi connectivity index (χ0v) is 12.2. The molecule has 5 nitrogen and oxygen atoms in total. The van der Waals surface area contributed by atoms with Crippen molar-refractivity contribution in [2.45, 2.75) is 0 Å². The van der Waals surface area contributed by atoms with Crippen molar-refractivity contribution in [3.05, 3.63) is 70.3 Å². The molecule has 0 saturated carbocycles. The number of aromatic nitrogens is 1.